The number of benzene rings is 1. The molecule has 1 aliphatic heterocycles. The Morgan fingerprint density at radius 2 is 2.00 bits per heavy atom. The molecule has 1 saturated heterocycles. The Morgan fingerprint density at radius 1 is 1.28 bits per heavy atom. The van der Waals surface area contributed by atoms with Gasteiger partial charge in [0.25, 0.3) is 11.6 Å². The van der Waals surface area contributed by atoms with E-state index in [1.165, 1.54) is 35.2 Å². The van der Waals surface area contributed by atoms with Crippen molar-refractivity contribution in [2.75, 3.05) is 18.1 Å². The van der Waals surface area contributed by atoms with Crippen LogP contribution in [0.15, 0.2) is 45.5 Å². The second-order valence-corrected chi connectivity index (χ2v) is 6.29. The largest absolute Gasteiger partial charge is 0.444 e. The molecule has 0 radical (unpaired) electrons. The van der Waals surface area contributed by atoms with Crippen LogP contribution in [0.1, 0.15) is 23.4 Å². The van der Waals surface area contributed by atoms with Crippen LogP contribution in [-0.4, -0.2) is 34.9 Å². The van der Waals surface area contributed by atoms with Gasteiger partial charge in [-0.1, -0.05) is 0 Å². The molecule has 0 N–H and O–H groups in total. The summed E-state index contributed by atoms with van der Waals surface area (Å²) in [7, 11) is 0. The molecular weight excluding hydrogens is 394 g/mol. The standard InChI is InChI=1S/C16H14BrN3O5/c17-14-8-7-13(25-14)16(22)19(10-18-9-1-2-15(18)21)11-3-5-12(6-4-11)20(23)24/h3-8H,1-2,9-10H2. The van der Waals surface area contributed by atoms with E-state index < -0.39 is 10.8 Å². The van der Waals surface area contributed by atoms with Crippen LogP contribution < -0.4 is 4.90 Å². The first-order chi connectivity index (χ1) is 12.0. The third-order valence-corrected chi connectivity index (χ3v) is 4.31. The molecule has 2 aromatic rings. The molecule has 9 heteroatoms. The number of carbonyl (C=O) groups excluding carboxylic acids is 2. The van der Waals surface area contributed by atoms with Crippen molar-refractivity contribution in [2.24, 2.45) is 0 Å². The third kappa shape index (κ3) is 3.71. The summed E-state index contributed by atoms with van der Waals surface area (Å²) in [6.45, 7) is 0.630. The first kappa shape index (κ1) is 17.2. The van der Waals surface area contributed by atoms with Gasteiger partial charge in [-0.2, -0.15) is 0 Å². The molecule has 1 aliphatic rings. The van der Waals surface area contributed by atoms with Crippen LogP contribution in [0.3, 0.4) is 0 Å². The Morgan fingerprint density at radius 3 is 2.52 bits per heavy atom. The van der Waals surface area contributed by atoms with E-state index in [-0.39, 0.29) is 24.0 Å². The van der Waals surface area contributed by atoms with Crippen molar-refractivity contribution in [1.82, 2.24) is 4.90 Å². The topological polar surface area (TPSA) is 96.9 Å². The van der Waals surface area contributed by atoms with Crippen LogP contribution in [0.25, 0.3) is 0 Å². The van der Waals surface area contributed by atoms with Gasteiger partial charge in [-0.05, 0) is 46.6 Å². The number of nitro benzene ring substituents is 1. The van der Waals surface area contributed by atoms with Crippen molar-refractivity contribution in [1.29, 1.82) is 0 Å². The van der Waals surface area contributed by atoms with Gasteiger partial charge in [-0.3, -0.25) is 24.6 Å². The molecule has 2 amide bonds. The van der Waals surface area contributed by atoms with Crippen LogP contribution in [0.4, 0.5) is 11.4 Å². The Labute approximate surface area is 151 Å². The van der Waals surface area contributed by atoms with Gasteiger partial charge in [-0.15, -0.1) is 0 Å². The van der Waals surface area contributed by atoms with E-state index in [1.54, 1.807) is 11.0 Å². The van der Waals surface area contributed by atoms with Crippen molar-refractivity contribution < 1.29 is 18.9 Å². The lowest BCUT2D eigenvalue weighted by Gasteiger charge is -2.27. The Kier molecular flexibility index (Phi) is 4.84. The third-order valence-electron chi connectivity index (χ3n) is 3.88. The highest BCUT2D eigenvalue weighted by molar-refractivity contribution is 9.10. The summed E-state index contributed by atoms with van der Waals surface area (Å²) >= 11 is 3.15. The van der Waals surface area contributed by atoms with Crippen LogP contribution in [0.2, 0.25) is 0 Å². The number of furan rings is 1. The number of hydrogen-bond acceptors (Lipinski definition) is 5. The summed E-state index contributed by atoms with van der Waals surface area (Å²) in [6.07, 6.45) is 1.20. The predicted octanol–water partition coefficient (Wildman–Crippen LogP) is 3.18. The average Bonchev–Trinajstić information content (AvgIpc) is 3.20. The van der Waals surface area contributed by atoms with Gasteiger partial charge in [0.05, 0.1) is 4.92 Å². The predicted molar refractivity (Wildman–Crippen MR) is 92.1 cm³/mol. The zero-order valence-electron chi connectivity index (χ0n) is 13.1. The van der Waals surface area contributed by atoms with Gasteiger partial charge in [0.2, 0.25) is 5.91 Å². The number of rotatable bonds is 5. The highest BCUT2D eigenvalue weighted by Crippen LogP contribution is 2.24. The molecule has 1 aromatic carbocycles. The maximum atomic E-state index is 12.8. The summed E-state index contributed by atoms with van der Waals surface area (Å²) < 4.78 is 5.73. The van der Waals surface area contributed by atoms with Gasteiger partial charge in [0.15, 0.2) is 10.4 Å². The number of non-ortho nitro benzene ring substituents is 1. The van der Waals surface area contributed by atoms with E-state index in [9.17, 15) is 19.7 Å². The van der Waals surface area contributed by atoms with E-state index in [1.807, 2.05) is 0 Å². The lowest BCUT2D eigenvalue weighted by molar-refractivity contribution is -0.384. The van der Waals surface area contributed by atoms with Crippen molar-refractivity contribution >= 4 is 39.1 Å². The summed E-state index contributed by atoms with van der Waals surface area (Å²) in [5.41, 5.74) is 0.372. The first-order valence-electron chi connectivity index (χ1n) is 7.55. The second kappa shape index (κ2) is 7.06. The molecule has 0 spiro atoms. The zero-order chi connectivity index (χ0) is 18.0. The normalized spacial score (nSPS) is 14.0. The number of amides is 2. The number of likely N-dealkylation sites (tertiary alicyclic amines) is 1. The molecule has 1 aromatic heterocycles. The summed E-state index contributed by atoms with van der Waals surface area (Å²) in [5, 5.41) is 10.8. The fourth-order valence-corrected chi connectivity index (χ4v) is 2.91. The average molecular weight is 408 g/mol. The van der Waals surface area contributed by atoms with E-state index in [2.05, 4.69) is 15.9 Å². The molecule has 130 valence electrons. The lowest BCUT2D eigenvalue weighted by atomic mass is 10.2. The summed E-state index contributed by atoms with van der Waals surface area (Å²) in [6, 6.07) is 8.72. The highest BCUT2D eigenvalue weighted by atomic mass is 79.9. The number of nitrogens with zero attached hydrogens (tertiary/aromatic N) is 3. The van der Waals surface area contributed by atoms with E-state index >= 15 is 0 Å². The Bertz CT molecular complexity index is 817. The number of halogens is 1. The summed E-state index contributed by atoms with van der Waals surface area (Å²) in [5.74, 6) is -0.350. The summed E-state index contributed by atoms with van der Waals surface area (Å²) in [4.78, 5) is 38.0. The minimum atomic E-state index is -0.510. The van der Waals surface area contributed by atoms with Crippen molar-refractivity contribution in [3.63, 3.8) is 0 Å². The number of nitro groups is 1. The van der Waals surface area contributed by atoms with Crippen molar-refractivity contribution in [2.45, 2.75) is 12.8 Å². The molecule has 8 nitrogen and oxygen atoms in total. The molecule has 0 saturated carbocycles. The van der Waals surface area contributed by atoms with Crippen molar-refractivity contribution in [3.8, 4) is 0 Å². The minimum Gasteiger partial charge on any atom is -0.444 e. The zero-order valence-corrected chi connectivity index (χ0v) is 14.6. The monoisotopic (exact) mass is 407 g/mol. The Hall–Kier alpha value is -2.68. The molecule has 25 heavy (non-hydrogen) atoms. The highest BCUT2D eigenvalue weighted by Gasteiger charge is 2.28. The maximum absolute atomic E-state index is 12.8. The Balaban J connectivity index is 1.91. The lowest BCUT2D eigenvalue weighted by Crippen LogP contribution is -2.42. The van der Waals surface area contributed by atoms with Gasteiger partial charge in [-0.25, -0.2) is 0 Å². The number of hydrogen-bond donors (Lipinski definition) is 0. The first-order valence-corrected chi connectivity index (χ1v) is 8.34. The molecule has 3 rings (SSSR count). The minimum absolute atomic E-state index is 0.0275. The van der Waals surface area contributed by atoms with E-state index in [0.29, 0.717) is 23.3 Å². The van der Waals surface area contributed by atoms with Gasteiger partial charge < -0.3 is 9.32 Å². The van der Waals surface area contributed by atoms with Crippen LogP contribution in [0.5, 0.6) is 0 Å². The molecule has 0 atom stereocenters. The van der Waals surface area contributed by atoms with E-state index in [0.717, 1.165) is 6.42 Å². The molecular formula is C16H14BrN3O5. The number of carbonyl (C=O) groups is 2. The SMILES string of the molecule is O=C1CCCN1CN(C(=O)c1ccc(Br)o1)c1ccc([N+](=O)[O-])cc1. The van der Waals surface area contributed by atoms with E-state index in [4.69, 9.17) is 4.42 Å². The van der Waals surface area contributed by atoms with Crippen LogP contribution in [-0.2, 0) is 4.79 Å². The maximum Gasteiger partial charge on any atom is 0.295 e. The smallest absolute Gasteiger partial charge is 0.295 e. The fourth-order valence-electron chi connectivity index (χ4n) is 2.60. The van der Waals surface area contributed by atoms with Crippen LogP contribution in [0, 0.1) is 10.1 Å². The second-order valence-electron chi connectivity index (χ2n) is 5.51. The molecule has 0 unspecified atom stereocenters. The van der Waals surface area contributed by atoms with Gasteiger partial charge in [0.1, 0.15) is 6.67 Å². The fraction of sp³-hybridized carbons (Fsp3) is 0.250. The van der Waals surface area contributed by atoms with Gasteiger partial charge in [0, 0.05) is 30.8 Å². The van der Waals surface area contributed by atoms with Gasteiger partial charge >= 0.3 is 0 Å². The van der Waals surface area contributed by atoms with Crippen LogP contribution >= 0.6 is 15.9 Å². The number of anilines is 1. The molecule has 1 fully saturated rings. The molecule has 2 heterocycles. The molecule has 0 bridgehead atoms. The quantitative estimate of drug-likeness (QED) is 0.559. The van der Waals surface area contributed by atoms with Crippen molar-refractivity contribution in [3.05, 3.63) is 56.9 Å². The molecule has 0 aliphatic carbocycles.